The fraction of sp³-hybridized carbons (Fsp3) is 0.217. The number of anilines is 1. The number of carboxylic acid groups (broad SMARTS) is 1. The number of aliphatic carboxylic acids is 1. The van der Waals surface area contributed by atoms with Gasteiger partial charge in [-0.1, -0.05) is 48.5 Å². The molecule has 4 rings (SSSR count). The van der Waals surface area contributed by atoms with E-state index in [9.17, 15) is 14.4 Å². The number of nitrogens with one attached hydrogen (secondary N) is 2. The van der Waals surface area contributed by atoms with Crippen LogP contribution < -0.4 is 10.8 Å². The number of hydrogen-bond acceptors (Lipinski definition) is 6. The van der Waals surface area contributed by atoms with Crippen molar-refractivity contribution in [2.75, 3.05) is 11.9 Å². The van der Waals surface area contributed by atoms with E-state index in [1.165, 1.54) is 24.9 Å². The minimum absolute atomic E-state index is 0.0268. The quantitative estimate of drug-likeness (QED) is 0.472. The third-order valence-corrected chi connectivity index (χ3v) is 5.41. The summed E-state index contributed by atoms with van der Waals surface area (Å²) in [6.07, 6.45) is -0.712. The second-order valence-electron chi connectivity index (χ2n) is 7.51. The van der Waals surface area contributed by atoms with Crippen LogP contribution in [-0.4, -0.2) is 45.6 Å². The lowest BCUT2D eigenvalue weighted by molar-refractivity contribution is -0.152. The van der Waals surface area contributed by atoms with E-state index in [2.05, 4.69) is 10.4 Å². The van der Waals surface area contributed by atoms with Crippen LogP contribution in [0.2, 0.25) is 0 Å². The fourth-order valence-electron chi connectivity index (χ4n) is 3.78. The predicted molar refractivity (Wildman–Crippen MR) is 118 cm³/mol. The third-order valence-electron chi connectivity index (χ3n) is 5.41. The van der Waals surface area contributed by atoms with Gasteiger partial charge in [-0.2, -0.15) is 5.10 Å². The standard InChI is InChI=1S/C23H22N4O6/c1-13(22(29)30)33-26-21(28)20-19(11-24-27(20)2)25-23(31)32-12-18-16-9-5-3-7-14(16)15-8-4-6-10-17(15)18/h3-11,13,18H,12H2,1-2H3,(H,25,31)(H,26,28)(H,29,30). The first-order chi connectivity index (χ1) is 15.9. The number of amides is 2. The van der Waals surface area contributed by atoms with Crippen molar-refractivity contribution in [3.63, 3.8) is 0 Å². The number of carbonyl (C=O) groups is 3. The highest BCUT2D eigenvalue weighted by Crippen LogP contribution is 2.44. The molecule has 1 unspecified atom stereocenters. The summed E-state index contributed by atoms with van der Waals surface area (Å²) in [7, 11) is 1.50. The second kappa shape index (κ2) is 9.13. The molecule has 0 saturated carbocycles. The predicted octanol–water partition coefficient (Wildman–Crippen LogP) is 2.92. The maximum absolute atomic E-state index is 12.5. The zero-order valence-electron chi connectivity index (χ0n) is 17.9. The first-order valence-corrected chi connectivity index (χ1v) is 10.2. The van der Waals surface area contributed by atoms with Gasteiger partial charge in [0.25, 0.3) is 5.91 Å². The highest BCUT2D eigenvalue weighted by molar-refractivity contribution is 6.00. The van der Waals surface area contributed by atoms with Crippen LogP contribution in [-0.2, 0) is 21.4 Å². The molecule has 33 heavy (non-hydrogen) atoms. The van der Waals surface area contributed by atoms with Gasteiger partial charge in [0.1, 0.15) is 6.61 Å². The van der Waals surface area contributed by atoms with Crippen molar-refractivity contribution in [2.24, 2.45) is 7.05 Å². The number of aryl methyl sites for hydroxylation is 1. The zero-order valence-corrected chi connectivity index (χ0v) is 17.9. The van der Waals surface area contributed by atoms with Gasteiger partial charge >= 0.3 is 12.1 Å². The van der Waals surface area contributed by atoms with Crippen molar-refractivity contribution in [1.82, 2.24) is 15.3 Å². The first-order valence-electron chi connectivity index (χ1n) is 10.2. The number of fused-ring (bicyclic) bond motifs is 3. The molecule has 3 aromatic rings. The van der Waals surface area contributed by atoms with Gasteiger partial charge in [0.05, 0.1) is 11.9 Å². The minimum atomic E-state index is -1.25. The van der Waals surface area contributed by atoms with Crippen LogP contribution in [0.4, 0.5) is 10.5 Å². The Kier molecular flexibility index (Phi) is 6.09. The number of nitrogens with zero attached hydrogens (tertiary/aromatic N) is 2. The average Bonchev–Trinajstić information content (AvgIpc) is 3.33. The Morgan fingerprint density at radius 1 is 1.09 bits per heavy atom. The molecule has 0 aliphatic heterocycles. The van der Waals surface area contributed by atoms with Crippen molar-refractivity contribution in [3.8, 4) is 11.1 Å². The molecular formula is C23H22N4O6. The number of hydroxylamine groups is 1. The van der Waals surface area contributed by atoms with E-state index in [0.717, 1.165) is 22.3 Å². The molecule has 3 N–H and O–H groups in total. The van der Waals surface area contributed by atoms with Gasteiger partial charge in [0.2, 0.25) is 0 Å². The molecule has 0 bridgehead atoms. The maximum atomic E-state index is 12.5. The molecule has 170 valence electrons. The van der Waals surface area contributed by atoms with E-state index in [1.54, 1.807) is 0 Å². The van der Waals surface area contributed by atoms with E-state index < -0.39 is 24.1 Å². The van der Waals surface area contributed by atoms with Crippen molar-refractivity contribution in [3.05, 3.63) is 71.5 Å². The number of ether oxygens (including phenoxy) is 1. The second-order valence-corrected chi connectivity index (χ2v) is 7.51. The molecular weight excluding hydrogens is 428 g/mol. The molecule has 0 spiro atoms. The van der Waals surface area contributed by atoms with Crippen LogP contribution in [0.1, 0.15) is 34.5 Å². The Morgan fingerprint density at radius 2 is 1.70 bits per heavy atom. The Bertz CT molecular complexity index is 1180. The van der Waals surface area contributed by atoms with Crippen molar-refractivity contribution >= 4 is 23.7 Å². The first kappa shape index (κ1) is 22.0. The minimum Gasteiger partial charge on any atom is -0.479 e. The van der Waals surface area contributed by atoms with Crippen LogP contribution in [0.25, 0.3) is 11.1 Å². The maximum Gasteiger partial charge on any atom is 0.411 e. The number of rotatable bonds is 7. The number of carbonyl (C=O) groups excluding carboxylic acids is 2. The summed E-state index contributed by atoms with van der Waals surface area (Å²) >= 11 is 0. The summed E-state index contributed by atoms with van der Waals surface area (Å²) in [6, 6.07) is 16.0. The number of aromatic nitrogens is 2. The number of carboxylic acids is 1. The van der Waals surface area contributed by atoms with Gasteiger partial charge < -0.3 is 9.84 Å². The van der Waals surface area contributed by atoms with E-state index in [1.807, 2.05) is 54.0 Å². The van der Waals surface area contributed by atoms with E-state index in [4.69, 9.17) is 14.7 Å². The average molecular weight is 450 g/mol. The van der Waals surface area contributed by atoms with E-state index in [0.29, 0.717) is 0 Å². The van der Waals surface area contributed by atoms with Crippen LogP contribution in [0.5, 0.6) is 0 Å². The summed E-state index contributed by atoms with van der Waals surface area (Å²) in [5, 5.41) is 15.3. The summed E-state index contributed by atoms with van der Waals surface area (Å²) in [5.74, 6) is -2.11. The summed E-state index contributed by atoms with van der Waals surface area (Å²) in [4.78, 5) is 40.6. The topological polar surface area (TPSA) is 132 Å². The molecule has 1 aliphatic rings. The summed E-state index contributed by atoms with van der Waals surface area (Å²) in [6.45, 7) is 1.38. The van der Waals surface area contributed by atoms with Crippen LogP contribution in [0.3, 0.4) is 0 Å². The zero-order chi connectivity index (χ0) is 23.5. The third kappa shape index (κ3) is 4.41. The fourth-order valence-corrected chi connectivity index (χ4v) is 3.78. The van der Waals surface area contributed by atoms with Crippen LogP contribution in [0, 0.1) is 0 Å². The Morgan fingerprint density at radius 3 is 2.30 bits per heavy atom. The molecule has 2 aromatic carbocycles. The summed E-state index contributed by atoms with van der Waals surface area (Å²) in [5.41, 5.74) is 6.51. The monoisotopic (exact) mass is 450 g/mol. The van der Waals surface area contributed by atoms with E-state index in [-0.39, 0.29) is 23.9 Å². The Labute approximate surface area is 189 Å². The molecule has 10 heteroatoms. The molecule has 10 nitrogen and oxygen atoms in total. The van der Waals surface area contributed by atoms with Gasteiger partial charge in [-0.05, 0) is 29.2 Å². The lowest BCUT2D eigenvalue weighted by Gasteiger charge is -2.15. The molecule has 1 atom stereocenters. The van der Waals surface area contributed by atoms with Gasteiger partial charge in [-0.3, -0.25) is 19.6 Å². The molecule has 1 aliphatic carbocycles. The van der Waals surface area contributed by atoms with Crippen LogP contribution >= 0.6 is 0 Å². The Hall–Kier alpha value is -4.18. The lowest BCUT2D eigenvalue weighted by atomic mass is 9.98. The largest absolute Gasteiger partial charge is 0.479 e. The molecule has 0 fully saturated rings. The van der Waals surface area contributed by atoms with Crippen LogP contribution in [0.15, 0.2) is 54.7 Å². The highest BCUT2D eigenvalue weighted by atomic mass is 16.7. The number of hydrogen-bond donors (Lipinski definition) is 3. The Balaban J connectivity index is 1.43. The van der Waals surface area contributed by atoms with Gasteiger partial charge in [-0.25, -0.2) is 15.1 Å². The smallest absolute Gasteiger partial charge is 0.411 e. The normalized spacial score (nSPS) is 13.0. The molecule has 1 heterocycles. The van der Waals surface area contributed by atoms with Gasteiger partial charge in [0, 0.05) is 13.0 Å². The molecule has 1 aromatic heterocycles. The lowest BCUT2D eigenvalue weighted by Crippen LogP contribution is -2.34. The van der Waals surface area contributed by atoms with E-state index >= 15 is 0 Å². The van der Waals surface area contributed by atoms with Crippen molar-refractivity contribution < 1.29 is 29.1 Å². The van der Waals surface area contributed by atoms with Gasteiger partial charge in [0.15, 0.2) is 11.8 Å². The SMILES string of the molecule is CC(ONC(=O)c1c(NC(=O)OCC2c3ccccc3-c3ccccc32)cnn1C)C(=O)O. The molecule has 0 saturated heterocycles. The van der Waals surface area contributed by atoms with Gasteiger partial charge in [-0.15, -0.1) is 0 Å². The molecule has 0 radical (unpaired) electrons. The van der Waals surface area contributed by atoms with Crippen molar-refractivity contribution in [1.29, 1.82) is 0 Å². The van der Waals surface area contributed by atoms with Crippen molar-refractivity contribution in [2.45, 2.75) is 18.9 Å². The number of benzene rings is 2. The highest BCUT2D eigenvalue weighted by Gasteiger charge is 2.29. The molecule has 2 amide bonds. The summed E-state index contributed by atoms with van der Waals surface area (Å²) < 4.78 is 6.71.